The number of nitrogens with zero attached hydrogens (tertiary/aromatic N) is 2. The molecular weight excluding hydrogens is 620 g/mol. The number of esters is 1. The number of hydrogen-bond acceptors (Lipinski definition) is 7. The van der Waals surface area contributed by atoms with Gasteiger partial charge in [-0.2, -0.15) is 0 Å². The summed E-state index contributed by atoms with van der Waals surface area (Å²) >= 11 is 7.65. The van der Waals surface area contributed by atoms with E-state index in [-0.39, 0.29) is 17.7 Å². The van der Waals surface area contributed by atoms with Crippen LogP contribution in [0.15, 0.2) is 118 Å². The maximum atomic E-state index is 14.3. The van der Waals surface area contributed by atoms with Crippen LogP contribution in [-0.2, 0) is 16.1 Å². The molecule has 0 aliphatic carbocycles. The summed E-state index contributed by atoms with van der Waals surface area (Å²) in [7, 11) is 0. The van der Waals surface area contributed by atoms with Crippen molar-refractivity contribution >= 4 is 40.7 Å². The number of fused-ring (bicyclic) bond motifs is 1. The molecule has 2 heterocycles. The van der Waals surface area contributed by atoms with E-state index in [9.17, 15) is 9.59 Å². The van der Waals surface area contributed by atoms with Gasteiger partial charge in [0.2, 0.25) is 0 Å². The second kappa shape index (κ2) is 14.0. The average Bonchev–Trinajstić information content (AvgIpc) is 3.39. The third kappa shape index (κ3) is 6.54. The Morgan fingerprint density at radius 2 is 1.63 bits per heavy atom. The van der Waals surface area contributed by atoms with Crippen LogP contribution in [0.1, 0.15) is 42.1 Å². The third-order valence-electron chi connectivity index (χ3n) is 7.38. The van der Waals surface area contributed by atoms with E-state index in [1.54, 1.807) is 35.8 Å². The zero-order valence-electron chi connectivity index (χ0n) is 25.3. The van der Waals surface area contributed by atoms with Gasteiger partial charge in [-0.3, -0.25) is 9.36 Å². The van der Waals surface area contributed by atoms with Gasteiger partial charge >= 0.3 is 5.97 Å². The van der Waals surface area contributed by atoms with Crippen LogP contribution >= 0.6 is 22.9 Å². The van der Waals surface area contributed by atoms with Gasteiger partial charge in [-0.1, -0.05) is 95.7 Å². The molecule has 1 aliphatic rings. The van der Waals surface area contributed by atoms with Crippen LogP contribution < -0.4 is 24.4 Å². The van der Waals surface area contributed by atoms with E-state index in [0.29, 0.717) is 50.3 Å². The molecule has 4 aromatic carbocycles. The van der Waals surface area contributed by atoms with E-state index in [0.717, 1.165) is 16.7 Å². The first-order valence-corrected chi connectivity index (χ1v) is 16.1. The molecule has 0 saturated carbocycles. The third-order valence-corrected chi connectivity index (χ3v) is 8.59. The summed E-state index contributed by atoms with van der Waals surface area (Å²) in [4.78, 5) is 33.4. The largest absolute Gasteiger partial charge is 0.494 e. The molecule has 0 spiro atoms. The van der Waals surface area contributed by atoms with Crippen molar-refractivity contribution < 1.29 is 19.0 Å². The molecule has 1 aliphatic heterocycles. The second-order valence-electron chi connectivity index (χ2n) is 10.4. The number of rotatable bonds is 10. The van der Waals surface area contributed by atoms with Crippen LogP contribution in [-0.4, -0.2) is 23.8 Å². The van der Waals surface area contributed by atoms with Crippen molar-refractivity contribution in [2.24, 2.45) is 4.99 Å². The highest BCUT2D eigenvalue weighted by atomic mass is 35.5. The van der Waals surface area contributed by atoms with Crippen molar-refractivity contribution in [1.29, 1.82) is 0 Å². The lowest BCUT2D eigenvalue weighted by molar-refractivity contribution is -0.138. The monoisotopic (exact) mass is 650 g/mol. The minimum absolute atomic E-state index is 0.172. The van der Waals surface area contributed by atoms with Crippen LogP contribution in [0, 0.1) is 0 Å². The Kier molecular flexibility index (Phi) is 9.47. The molecule has 0 radical (unpaired) electrons. The maximum absolute atomic E-state index is 14.3. The number of hydrogen-bond donors (Lipinski definition) is 0. The SMILES string of the molecule is CCOC(=O)C1=C(c2ccccc2)N=c2s/c(=C\c3cc(Cl)ccc3OCc3ccccc3)c(=O)n2[C@@H]1c1ccc(OCC)cc1. The number of benzene rings is 4. The van der Waals surface area contributed by atoms with E-state index >= 15 is 0 Å². The predicted molar refractivity (Wildman–Crippen MR) is 181 cm³/mol. The molecule has 0 bridgehead atoms. The van der Waals surface area contributed by atoms with Crippen molar-refractivity contribution in [3.63, 3.8) is 0 Å². The number of carbonyl (C=O) groups excluding carboxylic acids is 1. The lowest BCUT2D eigenvalue weighted by Crippen LogP contribution is -2.40. The van der Waals surface area contributed by atoms with Crippen molar-refractivity contribution in [2.75, 3.05) is 13.2 Å². The van der Waals surface area contributed by atoms with Gasteiger partial charge in [0, 0.05) is 16.1 Å². The first-order valence-electron chi connectivity index (χ1n) is 14.9. The fourth-order valence-corrected chi connectivity index (χ4v) is 6.48. The van der Waals surface area contributed by atoms with Crippen LogP contribution in [0.4, 0.5) is 0 Å². The van der Waals surface area contributed by atoms with Gasteiger partial charge in [0.05, 0.1) is 35.1 Å². The molecule has 9 heteroatoms. The van der Waals surface area contributed by atoms with E-state index in [4.69, 9.17) is 30.8 Å². The zero-order valence-corrected chi connectivity index (χ0v) is 26.9. The second-order valence-corrected chi connectivity index (χ2v) is 11.8. The Balaban J connectivity index is 1.54. The van der Waals surface area contributed by atoms with Gasteiger partial charge in [-0.05, 0) is 61.4 Å². The zero-order chi connectivity index (χ0) is 32.0. The minimum atomic E-state index is -0.795. The van der Waals surface area contributed by atoms with Gasteiger partial charge in [0.15, 0.2) is 4.80 Å². The molecule has 1 aromatic heterocycles. The maximum Gasteiger partial charge on any atom is 0.338 e. The van der Waals surface area contributed by atoms with Crippen LogP contribution in [0.5, 0.6) is 11.5 Å². The Morgan fingerprint density at radius 3 is 2.33 bits per heavy atom. The standard InChI is InChI=1S/C37H31ClN2O5S/c1-3-43-29-18-15-26(16-19-29)34-32(36(42)44-4-2)33(25-13-9-6-10-14-25)39-37-40(34)35(41)31(46-37)22-27-21-28(38)17-20-30(27)45-23-24-11-7-5-8-12-24/h5-22,34H,3-4,23H2,1-2H3/b31-22-/t34-/m1/s1. The number of thiazole rings is 1. The van der Waals surface area contributed by atoms with Gasteiger partial charge in [-0.15, -0.1) is 0 Å². The fourth-order valence-electron chi connectivity index (χ4n) is 5.31. The summed E-state index contributed by atoms with van der Waals surface area (Å²) in [5.41, 5.74) is 3.57. The van der Waals surface area contributed by atoms with Gasteiger partial charge in [0.1, 0.15) is 18.1 Å². The highest BCUT2D eigenvalue weighted by Gasteiger charge is 2.35. The average molecular weight is 651 g/mol. The van der Waals surface area contributed by atoms with Crippen LogP contribution in [0.3, 0.4) is 0 Å². The molecule has 46 heavy (non-hydrogen) atoms. The number of ether oxygens (including phenoxy) is 3. The summed E-state index contributed by atoms with van der Waals surface area (Å²) < 4.78 is 19.4. The highest BCUT2D eigenvalue weighted by Crippen LogP contribution is 2.36. The Bertz CT molecular complexity index is 2070. The molecule has 0 unspecified atom stereocenters. The van der Waals surface area contributed by atoms with Crippen LogP contribution in [0.2, 0.25) is 5.02 Å². The smallest absolute Gasteiger partial charge is 0.338 e. The van der Waals surface area contributed by atoms with Crippen molar-refractivity contribution in [3.05, 3.63) is 156 Å². The molecule has 6 rings (SSSR count). The van der Waals surface area contributed by atoms with Gasteiger partial charge < -0.3 is 14.2 Å². The minimum Gasteiger partial charge on any atom is -0.494 e. The number of halogens is 1. The molecule has 0 N–H and O–H groups in total. The quantitative estimate of drug-likeness (QED) is 0.160. The summed E-state index contributed by atoms with van der Waals surface area (Å²) in [5, 5.41) is 0.509. The molecule has 1 atom stereocenters. The van der Waals surface area contributed by atoms with E-state index in [2.05, 4.69) is 0 Å². The molecule has 5 aromatic rings. The highest BCUT2D eigenvalue weighted by molar-refractivity contribution is 7.07. The van der Waals surface area contributed by atoms with Crippen LogP contribution in [0.25, 0.3) is 11.8 Å². The predicted octanol–water partition coefficient (Wildman–Crippen LogP) is 6.57. The van der Waals surface area contributed by atoms with E-state index in [1.165, 1.54) is 11.3 Å². The molecule has 0 saturated heterocycles. The topological polar surface area (TPSA) is 79.1 Å². The van der Waals surface area contributed by atoms with E-state index in [1.807, 2.05) is 91.9 Å². The summed E-state index contributed by atoms with van der Waals surface area (Å²) in [6, 6.07) is 31.2. The molecule has 0 fully saturated rings. The van der Waals surface area contributed by atoms with Gasteiger partial charge in [-0.25, -0.2) is 9.79 Å². The van der Waals surface area contributed by atoms with E-state index < -0.39 is 12.0 Å². The number of carbonyl (C=O) groups is 1. The molecule has 0 amide bonds. The van der Waals surface area contributed by atoms with Crippen molar-refractivity contribution in [1.82, 2.24) is 4.57 Å². The molecule has 232 valence electrons. The first kappa shape index (κ1) is 31.1. The lowest BCUT2D eigenvalue weighted by atomic mass is 9.93. The number of aromatic nitrogens is 1. The summed E-state index contributed by atoms with van der Waals surface area (Å²) in [6.07, 6.45) is 1.77. The fraction of sp³-hybridized carbons (Fsp3) is 0.162. The Morgan fingerprint density at radius 1 is 0.913 bits per heavy atom. The molecule has 7 nitrogen and oxygen atoms in total. The lowest BCUT2D eigenvalue weighted by Gasteiger charge is -2.26. The normalized spacial score (nSPS) is 14.4. The Labute approximate surface area is 275 Å². The van der Waals surface area contributed by atoms with Crippen molar-refractivity contribution in [2.45, 2.75) is 26.5 Å². The summed E-state index contributed by atoms with van der Waals surface area (Å²) in [5.74, 6) is 0.733. The summed E-state index contributed by atoms with van der Waals surface area (Å²) in [6.45, 7) is 4.71. The van der Waals surface area contributed by atoms with Gasteiger partial charge in [0.25, 0.3) is 5.56 Å². The van der Waals surface area contributed by atoms with Crippen molar-refractivity contribution in [3.8, 4) is 11.5 Å². The first-order chi connectivity index (χ1) is 22.5. The molecular formula is C37H31ClN2O5S. The Hall–Kier alpha value is -4.92.